The molecule has 0 fully saturated rings. The summed E-state index contributed by atoms with van der Waals surface area (Å²) in [5.74, 6) is 0. The van der Waals surface area contributed by atoms with Crippen LogP contribution in [0.5, 0.6) is 0 Å². The number of aromatic nitrogens is 1. The molecular weight excluding hydrogens is 625 g/mol. The topological polar surface area (TPSA) is 76.3 Å². The third kappa shape index (κ3) is 4.80. The lowest BCUT2D eigenvalue weighted by molar-refractivity contribution is 1.18. The molecule has 0 atom stereocenters. The molecule has 50 heavy (non-hydrogen) atoms. The molecule has 232 valence electrons. The van der Waals surface area contributed by atoms with Crippen molar-refractivity contribution in [2.75, 3.05) is 0 Å². The molecule has 0 aliphatic heterocycles. The molecule has 7 aromatic carbocycles. The minimum absolute atomic E-state index is 0.510. The predicted molar refractivity (Wildman–Crippen MR) is 204 cm³/mol. The van der Waals surface area contributed by atoms with E-state index < -0.39 is 8.07 Å². The van der Waals surface area contributed by atoms with Crippen LogP contribution >= 0.6 is 0 Å². The molecule has 0 aliphatic rings. The summed E-state index contributed by atoms with van der Waals surface area (Å²) in [6.07, 6.45) is 0. The second-order valence-corrected chi connectivity index (χ2v) is 16.0. The van der Waals surface area contributed by atoms with E-state index in [1.165, 1.54) is 15.6 Å². The zero-order valence-corrected chi connectivity index (χ0v) is 28.0. The van der Waals surface area contributed by atoms with Crippen molar-refractivity contribution in [2.45, 2.75) is 0 Å². The number of rotatable bonds is 6. The highest BCUT2D eigenvalue weighted by molar-refractivity contribution is 7.20. The van der Waals surface area contributed by atoms with E-state index in [1.54, 1.807) is 0 Å². The average molecular weight is 653 g/mol. The summed E-state index contributed by atoms with van der Waals surface area (Å²) in [4.78, 5) is 0. The van der Waals surface area contributed by atoms with E-state index in [0.29, 0.717) is 16.7 Å². The minimum atomic E-state index is -3.00. The lowest BCUT2D eigenvalue weighted by Crippen LogP contribution is -2.75. The van der Waals surface area contributed by atoms with Crippen molar-refractivity contribution in [1.82, 2.24) is 4.57 Å². The summed E-state index contributed by atoms with van der Waals surface area (Å²) in [6, 6.07) is 64.9. The second kappa shape index (κ2) is 12.6. The standard InChI is InChI=1S/C45H28N4Si/c46-29-32-20-24-44-41(26-32)40-18-10-11-19-43(40)49(44)35-22-23-39(34(28-35)31-48)42-27-33(30-47)21-25-45(42)50(36-12-4-1-5-13-36,37-14-6-2-7-15-37)38-16-8-3-9-17-38/h1-28H. The summed E-state index contributed by atoms with van der Waals surface area (Å²) >= 11 is 0. The largest absolute Gasteiger partial charge is 0.309 e. The van der Waals surface area contributed by atoms with Gasteiger partial charge >= 0.3 is 0 Å². The van der Waals surface area contributed by atoms with Crippen LogP contribution in [0.4, 0.5) is 0 Å². The number of benzene rings is 7. The van der Waals surface area contributed by atoms with Crippen molar-refractivity contribution in [3.05, 3.63) is 187 Å². The number of fused-ring (bicyclic) bond motifs is 3. The van der Waals surface area contributed by atoms with Crippen LogP contribution in [-0.2, 0) is 0 Å². The number of nitriles is 3. The van der Waals surface area contributed by atoms with Crippen molar-refractivity contribution in [2.24, 2.45) is 0 Å². The van der Waals surface area contributed by atoms with E-state index in [9.17, 15) is 15.8 Å². The maximum Gasteiger partial charge on any atom is 0.180 e. The van der Waals surface area contributed by atoms with Gasteiger partial charge in [-0.1, -0.05) is 121 Å². The first-order chi connectivity index (χ1) is 24.7. The van der Waals surface area contributed by atoms with Gasteiger partial charge in [-0.15, -0.1) is 0 Å². The van der Waals surface area contributed by atoms with Crippen molar-refractivity contribution >= 4 is 50.6 Å². The smallest absolute Gasteiger partial charge is 0.180 e. The molecule has 0 unspecified atom stereocenters. The van der Waals surface area contributed by atoms with Crippen molar-refractivity contribution < 1.29 is 0 Å². The molecule has 0 bridgehead atoms. The molecule has 4 nitrogen and oxygen atoms in total. The number of hydrogen-bond acceptors (Lipinski definition) is 3. The van der Waals surface area contributed by atoms with Gasteiger partial charge in [0.25, 0.3) is 0 Å². The maximum absolute atomic E-state index is 10.8. The highest BCUT2D eigenvalue weighted by atomic mass is 28.3. The van der Waals surface area contributed by atoms with Gasteiger partial charge in [-0.3, -0.25) is 0 Å². The molecule has 8 aromatic rings. The van der Waals surface area contributed by atoms with Gasteiger partial charge in [-0.25, -0.2) is 0 Å². The molecule has 1 heterocycles. The molecule has 0 saturated heterocycles. The van der Waals surface area contributed by atoms with E-state index in [0.717, 1.165) is 43.8 Å². The summed E-state index contributed by atoms with van der Waals surface area (Å²) in [7, 11) is -3.00. The Labute approximate surface area is 291 Å². The van der Waals surface area contributed by atoms with Crippen LogP contribution < -0.4 is 20.7 Å². The van der Waals surface area contributed by atoms with Gasteiger partial charge in [0.2, 0.25) is 0 Å². The Morgan fingerprint density at radius 1 is 0.420 bits per heavy atom. The van der Waals surface area contributed by atoms with Crippen LogP contribution in [0.1, 0.15) is 16.7 Å². The summed E-state index contributed by atoms with van der Waals surface area (Å²) in [5.41, 5.74) is 6.08. The summed E-state index contributed by atoms with van der Waals surface area (Å²) in [5, 5.41) is 37.4. The van der Waals surface area contributed by atoms with Gasteiger partial charge in [-0.05, 0) is 80.4 Å². The molecule has 0 spiro atoms. The van der Waals surface area contributed by atoms with E-state index in [-0.39, 0.29) is 0 Å². The average Bonchev–Trinajstić information content (AvgIpc) is 3.53. The van der Waals surface area contributed by atoms with Gasteiger partial charge in [0, 0.05) is 16.5 Å². The highest BCUT2D eigenvalue weighted by Gasteiger charge is 2.43. The van der Waals surface area contributed by atoms with Crippen molar-refractivity contribution in [1.29, 1.82) is 15.8 Å². The van der Waals surface area contributed by atoms with Gasteiger partial charge in [-0.2, -0.15) is 15.8 Å². The third-order valence-electron chi connectivity index (χ3n) is 9.65. The number of nitrogens with zero attached hydrogens (tertiary/aromatic N) is 4. The van der Waals surface area contributed by atoms with Crippen LogP contribution in [0, 0.1) is 34.0 Å². The van der Waals surface area contributed by atoms with Gasteiger partial charge in [0.15, 0.2) is 8.07 Å². The molecule has 0 N–H and O–H groups in total. The molecular formula is C45H28N4Si. The summed E-state index contributed by atoms with van der Waals surface area (Å²) < 4.78 is 2.15. The van der Waals surface area contributed by atoms with Crippen LogP contribution in [0.2, 0.25) is 0 Å². The Morgan fingerprint density at radius 2 is 0.960 bits per heavy atom. The second-order valence-electron chi connectivity index (χ2n) is 12.3. The molecule has 8 rings (SSSR count). The normalized spacial score (nSPS) is 11.1. The van der Waals surface area contributed by atoms with E-state index in [4.69, 9.17) is 0 Å². The summed E-state index contributed by atoms with van der Waals surface area (Å²) in [6.45, 7) is 0. The van der Waals surface area contributed by atoms with E-state index in [1.807, 2.05) is 72.8 Å². The van der Waals surface area contributed by atoms with E-state index in [2.05, 4.69) is 120 Å². The fraction of sp³-hybridized carbons (Fsp3) is 0. The number of para-hydroxylation sites is 1. The Morgan fingerprint density at radius 3 is 1.56 bits per heavy atom. The maximum atomic E-state index is 10.8. The predicted octanol–water partition coefficient (Wildman–Crippen LogP) is 7.44. The molecule has 1 aromatic heterocycles. The lowest BCUT2D eigenvalue weighted by atomic mass is 9.98. The third-order valence-corrected chi connectivity index (χ3v) is 14.5. The molecule has 0 amide bonds. The monoisotopic (exact) mass is 652 g/mol. The van der Waals surface area contributed by atoms with Gasteiger partial charge in [0.1, 0.15) is 0 Å². The Hall–Kier alpha value is -6.97. The first-order valence-electron chi connectivity index (χ1n) is 16.4. The van der Waals surface area contributed by atoms with Crippen LogP contribution in [0.25, 0.3) is 38.6 Å². The highest BCUT2D eigenvalue weighted by Crippen LogP contribution is 2.35. The molecule has 5 heteroatoms. The van der Waals surface area contributed by atoms with Crippen LogP contribution in [-0.4, -0.2) is 12.6 Å². The minimum Gasteiger partial charge on any atom is -0.309 e. The number of hydrogen-bond donors (Lipinski definition) is 0. The molecule has 0 aliphatic carbocycles. The quantitative estimate of drug-likeness (QED) is 0.138. The van der Waals surface area contributed by atoms with Gasteiger partial charge in [0.05, 0.1) is 45.9 Å². The fourth-order valence-electron chi connectivity index (χ4n) is 7.51. The first kappa shape index (κ1) is 30.4. The molecule has 0 saturated carbocycles. The zero-order chi connectivity index (χ0) is 34.1. The Kier molecular flexibility index (Phi) is 7.63. The Balaban J connectivity index is 1.43. The van der Waals surface area contributed by atoms with Crippen LogP contribution in [0.3, 0.4) is 0 Å². The van der Waals surface area contributed by atoms with Crippen molar-refractivity contribution in [3.8, 4) is 35.0 Å². The zero-order valence-electron chi connectivity index (χ0n) is 27.0. The molecule has 0 radical (unpaired) electrons. The van der Waals surface area contributed by atoms with Gasteiger partial charge < -0.3 is 4.57 Å². The SMILES string of the molecule is N#Cc1ccc([Si](c2ccccc2)(c2ccccc2)c2ccccc2)c(-c2ccc(-n3c4ccccc4c4cc(C#N)ccc43)cc2C#N)c1. The lowest BCUT2D eigenvalue weighted by Gasteiger charge is -2.36. The first-order valence-corrected chi connectivity index (χ1v) is 18.4. The van der Waals surface area contributed by atoms with E-state index >= 15 is 0 Å². The Bertz CT molecular complexity index is 2580. The van der Waals surface area contributed by atoms with Crippen molar-refractivity contribution in [3.63, 3.8) is 0 Å². The van der Waals surface area contributed by atoms with Crippen LogP contribution in [0.15, 0.2) is 170 Å². The fourth-order valence-corrected chi connectivity index (χ4v) is 12.5.